The minimum Gasteiger partial charge on any atom is -0.486 e. The maximum atomic E-state index is 13.2. The molecule has 3 aromatic rings. The van der Waals surface area contributed by atoms with Crippen LogP contribution in [0.15, 0.2) is 66.9 Å². The lowest BCUT2D eigenvalue weighted by Crippen LogP contribution is -2.44. The molecule has 0 saturated carbocycles. The smallest absolute Gasteiger partial charge is 0.279 e. The second-order valence-corrected chi connectivity index (χ2v) is 8.56. The van der Waals surface area contributed by atoms with Crippen molar-refractivity contribution in [1.29, 1.82) is 0 Å². The zero-order valence-corrected chi connectivity index (χ0v) is 19.2. The predicted molar refractivity (Wildman–Crippen MR) is 128 cm³/mol. The number of benzene rings is 2. The van der Waals surface area contributed by atoms with Gasteiger partial charge in [0.1, 0.15) is 17.9 Å². The molecule has 0 aliphatic carbocycles. The molecular weight excluding hydrogens is 432 g/mol. The van der Waals surface area contributed by atoms with Gasteiger partial charge in [-0.3, -0.25) is 19.7 Å². The van der Waals surface area contributed by atoms with Gasteiger partial charge in [-0.2, -0.15) is 0 Å². The summed E-state index contributed by atoms with van der Waals surface area (Å²) in [4.78, 5) is 27.8. The second kappa shape index (κ2) is 11.0. The Labute approximate surface area is 199 Å². The van der Waals surface area contributed by atoms with Crippen molar-refractivity contribution >= 4 is 11.8 Å². The first kappa shape index (κ1) is 23.5. The summed E-state index contributed by atoms with van der Waals surface area (Å²) >= 11 is 0. The standard InChI is InChI=1S/C26H30N4O4/c1-29-17-22(25(31)28-33)24(34-18-20-10-6-3-7-11-20)23(29)26(32)27-21-12-14-30(15-13-21)16-19-8-4-2-5-9-19/h2-11,17,21,33H,12-16,18H2,1H3,(H,27,32)(H,28,31). The molecule has 8 nitrogen and oxygen atoms in total. The van der Waals surface area contributed by atoms with Crippen LogP contribution in [-0.4, -0.2) is 45.6 Å². The first-order valence-corrected chi connectivity index (χ1v) is 11.4. The molecule has 34 heavy (non-hydrogen) atoms. The molecule has 1 aliphatic rings. The molecule has 0 spiro atoms. The predicted octanol–water partition coefficient (Wildman–Crippen LogP) is 3.12. The maximum Gasteiger partial charge on any atom is 0.279 e. The third-order valence-corrected chi connectivity index (χ3v) is 6.09. The highest BCUT2D eigenvalue weighted by atomic mass is 16.5. The molecule has 8 heteroatoms. The Kier molecular flexibility index (Phi) is 7.61. The van der Waals surface area contributed by atoms with E-state index in [4.69, 9.17) is 9.94 Å². The number of piperidine rings is 1. The lowest BCUT2D eigenvalue weighted by Gasteiger charge is -2.32. The number of hydroxylamine groups is 1. The van der Waals surface area contributed by atoms with Crippen molar-refractivity contribution in [3.63, 3.8) is 0 Å². The number of aryl methyl sites for hydroxylation is 1. The highest BCUT2D eigenvalue weighted by Crippen LogP contribution is 2.28. The minimum absolute atomic E-state index is 0.0338. The van der Waals surface area contributed by atoms with Crippen LogP contribution in [0.1, 0.15) is 44.8 Å². The van der Waals surface area contributed by atoms with Gasteiger partial charge in [0.2, 0.25) is 0 Å². The SMILES string of the molecule is Cn1cc(C(=O)NO)c(OCc2ccccc2)c1C(=O)NC1CCN(Cc2ccccc2)CC1. The summed E-state index contributed by atoms with van der Waals surface area (Å²) in [7, 11) is 1.68. The minimum atomic E-state index is -0.730. The molecule has 3 N–H and O–H groups in total. The van der Waals surface area contributed by atoms with Gasteiger partial charge in [0.25, 0.3) is 11.8 Å². The number of carbonyl (C=O) groups is 2. The number of likely N-dealkylation sites (tertiary alicyclic amines) is 1. The first-order chi connectivity index (χ1) is 16.5. The number of rotatable bonds is 8. The Morgan fingerprint density at radius 3 is 2.21 bits per heavy atom. The third kappa shape index (κ3) is 5.65. The summed E-state index contributed by atoms with van der Waals surface area (Å²) < 4.78 is 7.49. The number of aromatic nitrogens is 1. The molecule has 4 rings (SSSR count). The molecule has 1 aromatic heterocycles. The van der Waals surface area contributed by atoms with Gasteiger partial charge in [-0.15, -0.1) is 0 Å². The van der Waals surface area contributed by atoms with Gasteiger partial charge >= 0.3 is 0 Å². The van der Waals surface area contributed by atoms with Gasteiger partial charge in [-0.25, -0.2) is 5.48 Å². The van der Waals surface area contributed by atoms with E-state index in [2.05, 4.69) is 22.3 Å². The highest BCUT2D eigenvalue weighted by molar-refractivity contribution is 6.03. The Hall–Kier alpha value is -3.62. The molecule has 1 aliphatic heterocycles. The molecule has 2 heterocycles. The Balaban J connectivity index is 1.43. The molecule has 0 atom stereocenters. The van der Waals surface area contributed by atoms with Crippen LogP contribution in [0.5, 0.6) is 5.75 Å². The van der Waals surface area contributed by atoms with Crippen LogP contribution in [0.25, 0.3) is 0 Å². The zero-order valence-electron chi connectivity index (χ0n) is 19.2. The Morgan fingerprint density at radius 1 is 0.971 bits per heavy atom. The largest absolute Gasteiger partial charge is 0.486 e. The molecule has 0 radical (unpaired) electrons. The van der Waals surface area contributed by atoms with Crippen molar-refractivity contribution in [1.82, 2.24) is 20.3 Å². The average Bonchev–Trinajstić information content (AvgIpc) is 3.20. The van der Waals surface area contributed by atoms with Crippen LogP contribution < -0.4 is 15.5 Å². The number of amides is 2. The van der Waals surface area contributed by atoms with Gasteiger partial charge in [-0.1, -0.05) is 60.7 Å². The third-order valence-electron chi connectivity index (χ3n) is 6.09. The second-order valence-electron chi connectivity index (χ2n) is 8.56. The molecule has 178 valence electrons. The van der Waals surface area contributed by atoms with E-state index in [1.807, 2.05) is 48.5 Å². The van der Waals surface area contributed by atoms with Crippen molar-refractivity contribution in [3.8, 4) is 5.75 Å². The van der Waals surface area contributed by atoms with E-state index < -0.39 is 5.91 Å². The van der Waals surface area contributed by atoms with E-state index in [9.17, 15) is 9.59 Å². The van der Waals surface area contributed by atoms with Gasteiger partial charge in [0, 0.05) is 38.9 Å². The number of carbonyl (C=O) groups excluding carboxylic acids is 2. The lowest BCUT2D eigenvalue weighted by atomic mass is 10.0. The van der Waals surface area contributed by atoms with Gasteiger partial charge in [-0.05, 0) is 24.0 Å². The molecule has 1 fully saturated rings. The average molecular weight is 463 g/mol. The van der Waals surface area contributed by atoms with Crippen LogP contribution in [-0.2, 0) is 20.2 Å². The number of hydrogen-bond donors (Lipinski definition) is 3. The lowest BCUT2D eigenvalue weighted by molar-refractivity contribution is 0.0702. The van der Waals surface area contributed by atoms with Gasteiger partial charge in [0.05, 0.1) is 0 Å². The summed E-state index contributed by atoms with van der Waals surface area (Å²) in [6, 6.07) is 19.9. The first-order valence-electron chi connectivity index (χ1n) is 11.4. The molecular formula is C26H30N4O4. The summed E-state index contributed by atoms with van der Waals surface area (Å²) in [5.41, 5.74) is 4.17. The van der Waals surface area contributed by atoms with E-state index >= 15 is 0 Å². The summed E-state index contributed by atoms with van der Waals surface area (Å²) in [6.45, 7) is 2.87. The molecule has 0 bridgehead atoms. The van der Waals surface area contributed by atoms with E-state index in [1.165, 1.54) is 11.8 Å². The Bertz CT molecular complexity index is 1110. The van der Waals surface area contributed by atoms with E-state index in [1.54, 1.807) is 17.1 Å². The number of hydrogen-bond acceptors (Lipinski definition) is 5. The van der Waals surface area contributed by atoms with Crippen LogP contribution >= 0.6 is 0 Å². The fourth-order valence-electron chi connectivity index (χ4n) is 4.30. The summed E-state index contributed by atoms with van der Waals surface area (Å²) in [6.07, 6.45) is 3.17. The van der Waals surface area contributed by atoms with Gasteiger partial charge < -0.3 is 14.6 Å². The van der Waals surface area contributed by atoms with Crippen molar-refractivity contribution in [3.05, 3.63) is 89.2 Å². The Morgan fingerprint density at radius 2 is 1.59 bits per heavy atom. The van der Waals surface area contributed by atoms with Gasteiger partial charge in [0.15, 0.2) is 5.75 Å². The van der Waals surface area contributed by atoms with Crippen LogP contribution in [0.3, 0.4) is 0 Å². The summed E-state index contributed by atoms with van der Waals surface area (Å²) in [5, 5.41) is 12.3. The monoisotopic (exact) mass is 462 g/mol. The number of nitrogens with one attached hydrogen (secondary N) is 2. The molecule has 1 saturated heterocycles. The zero-order chi connectivity index (χ0) is 23.9. The topological polar surface area (TPSA) is 95.8 Å². The highest BCUT2D eigenvalue weighted by Gasteiger charge is 2.28. The molecule has 0 unspecified atom stereocenters. The number of ether oxygens (including phenoxy) is 1. The fraction of sp³-hybridized carbons (Fsp3) is 0.308. The van der Waals surface area contributed by atoms with Crippen molar-refractivity contribution in [2.24, 2.45) is 7.05 Å². The van der Waals surface area contributed by atoms with Crippen molar-refractivity contribution < 1.29 is 19.5 Å². The molecule has 2 amide bonds. The van der Waals surface area contributed by atoms with E-state index in [0.717, 1.165) is 38.0 Å². The van der Waals surface area contributed by atoms with Crippen molar-refractivity contribution in [2.45, 2.75) is 32.0 Å². The van der Waals surface area contributed by atoms with Crippen LogP contribution in [0.2, 0.25) is 0 Å². The van der Waals surface area contributed by atoms with E-state index in [-0.39, 0.29) is 35.6 Å². The van der Waals surface area contributed by atoms with Crippen LogP contribution in [0, 0.1) is 0 Å². The fourth-order valence-corrected chi connectivity index (χ4v) is 4.30. The normalized spacial score (nSPS) is 14.5. The summed E-state index contributed by atoms with van der Waals surface area (Å²) in [5.74, 6) is -0.882. The quantitative estimate of drug-likeness (QED) is 0.353. The number of nitrogens with zero attached hydrogens (tertiary/aromatic N) is 2. The van der Waals surface area contributed by atoms with Crippen LogP contribution in [0.4, 0.5) is 0 Å². The van der Waals surface area contributed by atoms with E-state index in [0.29, 0.717) is 0 Å². The maximum absolute atomic E-state index is 13.2. The molecule has 2 aromatic carbocycles. The van der Waals surface area contributed by atoms with Crippen molar-refractivity contribution in [2.75, 3.05) is 13.1 Å².